The molecular weight excluding hydrogens is 1220 g/mol. The van der Waals surface area contributed by atoms with Crippen molar-refractivity contribution in [3.8, 4) is 0 Å². The topological polar surface area (TPSA) is 857 Å². The van der Waals surface area contributed by atoms with E-state index in [0.717, 1.165) is 0 Å². The van der Waals surface area contributed by atoms with E-state index in [1.54, 1.807) is 0 Å². The van der Waals surface area contributed by atoms with Gasteiger partial charge in [0, 0.05) is 0 Å². The largest absolute Gasteiger partial charge is 1.00 e. The first-order valence-corrected chi connectivity index (χ1v) is 17.5. The molecule has 62 heavy (non-hydrogen) atoms. The molecule has 20 N–H and O–H groups in total. The Morgan fingerprint density at radius 3 is 0.194 bits per heavy atom. The van der Waals surface area contributed by atoms with Crippen molar-refractivity contribution in [1.29, 1.82) is 0 Å². The quantitative estimate of drug-likeness (QED) is 0.161. The van der Waals surface area contributed by atoms with Crippen LogP contribution in [-0.4, -0.2) is 54.8 Å². The molecule has 62 heteroatoms. The summed E-state index contributed by atoms with van der Waals surface area (Å²) in [5, 5.41) is 0. The molecule has 0 aliphatic heterocycles. The van der Waals surface area contributed by atoms with Gasteiger partial charge in [-0.05, 0) is 0 Å². The van der Waals surface area contributed by atoms with E-state index in [1.807, 2.05) is 0 Å². The summed E-state index contributed by atoms with van der Waals surface area (Å²) in [4.78, 5) is 149. The number of hydrogen-bond acceptors (Lipinski definition) is 28. The van der Waals surface area contributed by atoms with Gasteiger partial charge in [-0.1, -0.05) is 0 Å². The van der Waals surface area contributed by atoms with Gasteiger partial charge in [0.15, 0.2) is 0 Å². The van der Waals surface area contributed by atoms with Crippen LogP contribution < -0.4 is 551 Å². The molecule has 0 bridgehead atoms. The van der Waals surface area contributed by atoms with Gasteiger partial charge in [-0.25, -0.2) is 0 Å². The van der Waals surface area contributed by atoms with Crippen LogP contribution in [0.5, 0.6) is 0 Å². The second-order valence-electron chi connectivity index (χ2n) is 3.90. The third-order valence-corrected chi connectivity index (χ3v) is 7.20. The van der Waals surface area contributed by atoms with E-state index in [4.69, 9.17) is 0 Å². The first kappa shape index (κ1) is 200. The van der Waals surface area contributed by atoms with Crippen molar-refractivity contribution in [1.82, 2.24) is 0 Å². The second kappa shape index (κ2) is 96.8. The van der Waals surface area contributed by atoms with Gasteiger partial charge in [0.25, 0.3) is 0 Å². The van der Waals surface area contributed by atoms with E-state index >= 15 is 0 Å². The van der Waals surface area contributed by atoms with Crippen molar-refractivity contribution in [2.24, 2.45) is 0 Å². The van der Waals surface area contributed by atoms with Crippen LogP contribution in [0.15, 0.2) is 0 Å². The Morgan fingerprint density at radius 1 is 0.161 bits per heavy atom. The Hall–Kier alpha value is 16.6. The maximum Gasteiger partial charge on any atom is 1.00 e. The molecule has 0 atom stereocenters. The molecule has 0 aromatic carbocycles. The maximum absolute atomic E-state index is 9.32. The molecule has 0 saturated heterocycles. The van der Waals surface area contributed by atoms with Crippen molar-refractivity contribution in [3.63, 3.8) is 0 Å². The Balaban J connectivity index is -0.00000000690. The van der Waals surface area contributed by atoms with Gasteiger partial charge in [0.1, 0.15) is 0 Å². The van der Waals surface area contributed by atoms with Crippen molar-refractivity contribution in [2.75, 3.05) is 0 Å². The molecule has 0 rings (SSSR count). The molecule has 0 aliphatic rings. The summed E-state index contributed by atoms with van der Waals surface area (Å²) in [5.74, 6) is 0. The molecule has 0 spiro atoms. The summed E-state index contributed by atoms with van der Waals surface area (Å²) in [5.41, 5.74) is 0. The van der Waals surface area contributed by atoms with E-state index in [0.29, 0.717) is 0 Å². The van der Waals surface area contributed by atoms with E-state index in [9.17, 15) is 115 Å². The van der Waals surface area contributed by atoms with E-state index < -0.39 is 62.6 Å². The number of rotatable bonds is 8. The van der Waals surface area contributed by atoms with Crippen LogP contribution in [0.2, 0.25) is 0 Å². The zero-order valence-electron chi connectivity index (χ0n) is 36.0. The zero-order chi connectivity index (χ0) is 30.8. The molecule has 0 radical (unpaired) electrons. The van der Waals surface area contributed by atoms with Gasteiger partial charge in [0.05, 0.1) is 62.6 Å². The van der Waals surface area contributed by atoms with E-state index in [1.165, 1.54) is 0 Å². The molecule has 38 nitrogen and oxygen atoms in total. The fourth-order valence-electron chi connectivity index (χ4n) is 0.490. The Kier molecular flexibility index (Phi) is 313. The van der Waals surface area contributed by atoms with Crippen LogP contribution in [0.1, 0.15) is 0 Å². The van der Waals surface area contributed by atoms with Gasteiger partial charge in [-0.15, -0.1) is 0 Å². The smallest absolute Gasteiger partial charge is 0.790 e. The Morgan fingerprint density at radius 2 is 0.194 bits per heavy atom. The van der Waals surface area contributed by atoms with Crippen molar-refractivity contribution in [3.05, 3.63) is 0 Å². The minimum atomic E-state index is -5.68. The SMILES string of the molecule is O.O.O.O.O.O.O.O.O.O.O=P([O-])([O-])OP(=O)([O-])[O-].O=P([O-])([O-])OP(=O)([O-])[O-].O=P([O-])([O-])OP(=O)([O-])[O-].O=P([O-])([O-])OP(=O)([O-])[O-].[Na+].[Na+].[Na+].[Na+].[Na+].[Na+].[Na+].[Na+].[Na+].[Na+].[Na+].[Na+].[Na+].[Na+].[Na+].[Na+]. The van der Waals surface area contributed by atoms with Gasteiger partial charge >= 0.3 is 473 Å². The predicted molar refractivity (Wildman–Crippen MR) is 101 cm³/mol. The molecule has 0 unspecified atom stereocenters. The van der Waals surface area contributed by atoms with Crippen LogP contribution in [0.3, 0.4) is 0 Å². The minimum absolute atomic E-state index is 0. The van der Waals surface area contributed by atoms with Crippen molar-refractivity contribution < 1.29 is 660 Å². The summed E-state index contributed by atoms with van der Waals surface area (Å²) in [6, 6.07) is 0. The molecule has 304 valence electrons. The zero-order valence-corrected chi connectivity index (χ0v) is 75.2. The van der Waals surface area contributed by atoms with Gasteiger partial charge in [0.2, 0.25) is 0 Å². The molecule has 0 aromatic heterocycles. The summed E-state index contributed by atoms with van der Waals surface area (Å²) in [7, 11) is -45.4. The first-order valence-electron chi connectivity index (χ1n) is 5.84. The van der Waals surface area contributed by atoms with Gasteiger partial charge < -0.3 is 187 Å². The molecule has 0 amide bonds. The maximum atomic E-state index is 9.32. The van der Waals surface area contributed by atoms with Crippen LogP contribution in [0.25, 0.3) is 0 Å². The monoisotopic (exact) mass is 1240 g/mol. The first-order chi connectivity index (χ1) is 14.8. The second-order valence-corrected chi connectivity index (χ2v) is 13.7. The third-order valence-electron chi connectivity index (χ3n) is 0.800. The fraction of sp³-hybridized carbons (Fsp3) is 0. The molecule has 0 fully saturated rings. The van der Waals surface area contributed by atoms with E-state index in [2.05, 4.69) is 17.2 Å². The summed E-state index contributed by atoms with van der Waals surface area (Å²) < 4.78 is 84.7. The van der Waals surface area contributed by atoms with Crippen LogP contribution >= 0.6 is 62.6 Å². The predicted octanol–water partition coefficient (Wildman–Crippen LogP) is -69.5. The molecule has 0 heterocycles. The Labute approximate surface area is 704 Å². The standard InChI is InChI=1S/16Na.4H4O7P2.10H2O/c;;;;;;;;;;;;;;;;4*1-8(2,3)7-9(4,5)6;;;;;;;;;;/h;;;;;;;;;;;;;;;;4*(H2,1,2,3)(H2,4,5,6);10*1H2/q16*+1;;;;;;;;;;;;;;/p-16. The molecule has 0 saturated carbocycles. The van der Waals surface area contributed by atoms with Crippen LogP contribution in [-0.2, 0) is 53.8 Å². The molecular formula is H20Na16O38P8. The van der Waals surface area contributed by atoms with E-state index in [-0.39, 0.29) is 528 Å². The van der Waals surface area contributed by atoms with Crippen molar-refractivity contribution >= 4 is 62.6 Å². The number of phosphoric acid groups is 8. The van der Waals surface area contributed by atoms with Gasteiger partial charge in [-0.3, -0.25) is 0 Å². The van der Waals surface area contributed by atoms with Crippen LogP contribution in [0, 0.1) is 0 Å². The fourth-order valence-corrected chi connectivity index (χ4v) is 4.41. The normalized spacial score (nSPS) is 8.00. The average molecular weight is 1240 g/mol. The van der Waals surface area contributed by atoms with Gasteiger partial charge in [-0.2, -0.15) is 0 Å². The molecule has 0 aromatic rings. The minimum Gasteiger partial charge on any atom is -0.790 e. The van der Waals surface area contributed by atoms with Crippen molar-refractivity contribution in [2.45, 2.75) is 0 Å². The molecule has 0 aliphatic carbocycles. The Bertz CT molecular complexity index is 812. The summed E-state index contributed by atoms with van der Waals surface area (Å²) in [6.45, 7) is 0. The summed E-state index contributed by atoms with van der Waals surface area (Å²) >= 11 is 0. The number of hydrogen-bond donors (Lipinski definition) is 0. The summed E-state index contributed by atoms with van der Waals surface area (Å²) in [6.07, 6.45) is 0. The third kappa shape index (κ3) is 265. The average Bonchev–Trinajstić information content (AvgIpc) is 2.19. The van der Waals surface area contributed by atoms with Crippen LogP contribution in [0.4, 0.5) is 0 Å².